The number of allylic oxidation sites excluding steroid dienone is 1. The molecule has 0 amide bonds. The van der Waals surface area contributed by atoms with Crippen molar-refractivity contribution in [3.05, 3.63) is 11.1 Å². The number of hydrogen-bond donors (Lipinski definition) is 2. The minimum absolute atomic E-state index is 0.00884. The topological polar surface area (TPSA) is 126 Å². The van der Waals surface area contributed by atoms with Crippen molar-refractivity contribution in [3.63, 3.8) is 0 Å². The van der Waals surface area contributed by atoms with Crippen molar-refractivity contribution in [2.45, 2.75) is 99.5 Å². The molecule has 204 valence electrons. The number of ketones is 4. The van der Waals surface area contributed by atoms with Crippen molar-refractivity contribution < 1.29 is 34.2 Å². The summed E-state index contributed by atoms with van der Waals surface area (Å²) in [6.45, 7) is 13.1. The lowest BCUT2D eigenvalue weighted by molar-refractivity contribution is -0.147. The number of hydrogen-bond acceptors (Lipinski definition) is 6. The number of aliphatic hydroxyl groups excluding tert-OH is 1. The van der Waals surface area contributed by atoms with E-state index in [2.05, 4.69) is 0 Å². The molecule has 4 aliphatic rings. The minimum atomic E-state index is -1.04. The van der Waals surface area contributed by atoms with Gasteiger partial charge in [-0.15, -0.1) is 0 Å². The molecule has 0 unspecified atom stereocenters. The first kappa shape index (κ1) is 27.9. The van der Waals surface area contributed by atoms with Gasteiger partial charge in [-0.25, -0.2) is 0 Å². The third-order valence-corrected chi connectivity index (χ3v) is 11.3. The Kier molecular flexibility index (Phi) is 6.54. The molecule has 0 spiro atoms. The summed E-state index contributed by atoms with van der Waals surface area (Å²) < 4.78 is 0. The lowest BCUT2D eigenvalue weighted by Crippen LogP contribution is -2.60. The molecule has 2 saturated carbocycles. The molecule has 0 aromatic carbocycles. The van der Waals surface area contributed by atoms with Crippen LogP contribution in [0, 0.1) is 45.3 Å². The third kappa shape index (κ3) is 3.74. The Hall–Kier alpha value is -2.15. The van der Waals surface area contributed by atoms with E-state index in [1.807, 2.05) is 41.5 Å². The standard InChI is InChI=1S/C30H42O7/c1-15(10-17(31)11-16(2)26(36)37)18-12-23(35)30(7)25-19(32)13-21-27(3,4)22(34)8-9-28(21,5)24(25)20(33)14-29(18,30)6/h15-16,18-19,21,32H,8-14H2,1-7H3,(H,36,37)/t15-,16+,18-,19+,21-,28+,29+,30+/m0/s1. The molecule has 0 aromatic rings. The van der Waals surface area contributed by atoms with Crippen LogP contribution in [0.25, 0.3) is 0 Å². The highest BCUT2D eigenvalue weighted by Crippen LogP contribution is 2.70. The summed E-state index contributed by atoms with van der Waals surface area (Å²) in [7, 11) is 0. The SMILES string of the molecule is C[C@H](CC(=O)C[C@H](C)[C@@H]1CC(=O)[C@]2(C)C3=C(C(=O)C[C@]12C)[C@]1(C)CCC(=O)C(C)(C)[C@@H]1C[C@H]3O)C(=O)O. The van der Waals surface area contributed by atoms with Gasteiger partial charge in [-0.2, -0.15) is 0 Å². The maximum Gasteiger partial charge on any atom is 0.306 e. The van der Waals surface area contributed by atoms with Crippen molar-refractivity contribution in [3.8, 4) is 0 Å². The minimum Gasteiger partial charge on any atom is -0.481 e. The molecule has 4 rings (SSSR count). The first-order valence-corrected chi connectivity index (χ1v) is 13.7. The summed E-state index contributed by atoms with van der Waals surface area (Å²) in [5, 5.41) is 20.7. The van der Waals surface area contributed by atoms with Gasteiger partial charge in [0.25, 0.3) is 0 Å². The van der Waals surface area contributed by atoms with E-state index in [1.54, 1.807) is 0 Å². The molecule has 7 heteroatoms. The van der Waals surface area contributed by atoms with Gasteiger partial charge >= 0.3 is 5.97 Å². The van der Waals surface area contributed by atoms with Crippen molar-refractivity contribution in [1.82, 2.24) is 0 Å². The average molecular weight is 515 g/mol. The molecule has 7 nitrogen and oxygen atoms in total. The lowest BCUT2D eigenvalue weighted by atomic mass is 9.42. The van der Waals surface area contributed by atoms with Crippen LogP contribution in [-0.2, 0) is 24.0 Å². The summed E-state index contributed by atoms with van der Waals surface area (Å²) in [4.78, 5) is 64.6. The number of Topliss-reactive ketones (excluding diaryl/α,β-unsaturated/α-hetero) is 4. The van der Waals surface area contributed by atoms with E-state index >= 15 is 0 Å². The maximum absolute atomic E-state index is 14.0. The van der Waals surface area contributed by atoms with Crippen LogP contribution in [0.2, 0.25) is 0 Å². The number of carbonyl (C=O) groups is 5. The molecule has 0 bridgehead atoms. The maximum atomic E-state index is 14.0. The molecule has 0 radical (unpaired) electrons. The van der Waals surface area contributed by atoms with Crippen LogP contribution in [0.4, 0.5) is 0 Å². The van der Waals surface area contributed by atoms with Crippen LogP contribution in [-0.4, -0.2) is 45.4 Å². The van der Waals surface area contributed by atoms with Crippen molar-refractivity contribution >= 4 is 29.1 Å². The van der Waals surface area contributed by atoms with E-state index in [0.717, 1.165) is 0 Å². The van der Waals surface area contributed by atoms with Gasteiger partial charge in [-0.05, 0) is 48.5 Å². The van der Waals surface area contributed by atoms with Crippen LogP contribution in [0.15, 0.2) is 11.1 Å². The van der Waals surface area contributed by atoms with Gasteiger partial charge in [0.1, 0.15) is 17.3 Å². The fourth-order valence-electron chi connectivity index (χ4n) is 8.93. The molecule has 8 atom stereocenters. The van der Waals surface area contributed by atoms with Crippen LogP contribution in [0.3, 0.4) is 0 Å². The second-order valence-corrected chi connectivity index (χ2v) is 13.7. The quantitative estimate of drug-likeness (QED) is 0.540. The van der Waals surface area contributed by atoms with E-state index in [-0.39, 0.29) is 66.6 Å². The molecular weight excluding hydrogens is 472 g/mol. The molecule has 0 heterocycles. The molecule has 37 heavy (non-hydrogen) atoms. The van der Waals surface area contributed by atoms with Crippen LogP contribution < -0.4 is 0 Å². The number of carboxylic acids is 1. The summed E-state index contributed by atoms with van der Waals surface area (Å²) in [5.41, 5.74) is -1.92. The van der Waals surface area contributed by atoms with Gasteiger partial charge in [-0.1, -0.05) is 41.5 Å². The summed E-state index contributed by atoms with van der Waals surface area (Å²) in [6.07, 6.45) is 0.736. The zero-order valence-electron chi connectivity index (χ0n) is 23.3. The number of aliphatic hydroxyl groups is 1. The van der Waals surface area contributed by atoms with E-state index in [9.17, 15) is 34.2 Å². The zero-order chi connectivity index (χ0) is 27.9. The predicted molar refractivity (Wildman–Crippen MR) is 136 cm³/mol. The zero-order valence-corrected chi connectivity index (χ0v) is 23.3. The lowest BCUT2D eigenvalue weighted by Gasteiger charge is -2.60. The number of carbonyl (C=O) groups excluding carboxylic acids is 4. The van der Waals surface area contributed by atoms with Gasteiger partial charge in [0.05, 0.1) is 17.4 Å². The smallest absolute Gasteiger partial charge is 0.306 e. The first-order valence-electron chi connectivity index (χ1n) is 13.7. The Morgan fingerprint density at radius 3 is 2.22 bits per heavy atom. The highest BCUT2D eigenvalue weighted by molar-refractivity contribution is 6.05. The fraction of sp³-hybridized carbons (Fsp3) is 0.767. The van der Waals surface area contributed by atoms with Gasteiger partial charge in [0.15, 0.2) is 5.78 Å². The fourth-order valence-corrected chi connectivity index (χ4v) is 8.93. The number of carboxylic acid groups (broad SMARTS) is 1. The van der Waals surface area contributed by atoms with Gasteiger partial charge in [0, 0.05) is 48.5 Å². The molecule has 2 N–H and O–H groups in total. The Morgan fingerprint density at radius 1 is 1.00 bits per heavy atom. The van der Waals surface area contributed by atoms with E-state index < -0.39 is 39.7 Å². The van der Waals surface area contributed by atoms with Crippen molar-refractivity contribution in [1.29, 1.82) is 0 Å². The second kappa shape index (κ2) is 8.69. The van der Waals surface area contributed by atoms with Crippen molar-refractivity contribution in [2.24, 2.45) is 45.3 Å². The monoisotopic (exact) mass is 514 g/mol. The largest absolute Gasteiger partial charge is 0.481 e. The van der Waals surface area contributed by atoms with Crippen LogP contribution in [0.5, 0.6) is 0 Å². The predicted octanol–water partition coefficient (Wildman–Crippen LogP) is 4.34. The molecule has 0 aromatic heterocycles. The highest BCUT2D eigenvalue weighted by Gasteiger charge is 2.70. The molecule has 0 saturated heterocycles. The van der Waals surface area contributed by atoms with E-state index in [4.69, 9.17) is 0 Å². The molecule has 2 fully saturated rings. The number of rotatable bonds is 6. The highest BCUT2D eigenvalue weighted by atomic mass is 16.4. The average Bonchev–Trinajstić information content (AvgIpc) is 2.99. The Morgan fingerprint density at radius 2 is 1.62 bits per heavy atom. The molecular formula is C30H42O7. The van der Waals surface area contributed by atoms with Crippen LogP contribution >= 0.6 is 0 Å². The summed E-state index contributed by atoms with van der Waals surface area (Å²) >= 11 is 0. The van der Waals surface area contributed by atoms with Gasteiger partial charge in [-0.3, -0.25) is 24.0 Å². The first-order chi connectivity index (χ1) is 16.9. The van der Waals surface area contributed by atoms with Crippen molar-refractivity contribution in [2.75, 3.05) is 0 Å². The molecule has 0 aliphatic heterocycles. The van der Waals surface area contributed by atoms with Gasteiger partial charge < -0.3 is 10.2 Å². The van der Waals surface area contributed by atoms with E-state index in [1.165, 1.54) is 6.92 Å². The van der Waals surface area contributed by atoms with E-state index in [0.29, 0.717) is 30.4 Å². The second-order valence-electron chi connectivity index (χ2n) is 13.7. The third-order valence-electron chi connectivity index (χ3n) is 11.3. The summed E-state index contributed by atoms with van der Waals surface area (Å²) in [5.74, 6) is -2.49. The Bertz CT molecular complexity index is 1110. The molecule has 4 aliphatic carbocycles. The number of fused-ring (bicyclic) bond motifs is 4. The van der Waals surface area contributed by atoms with Crippen LogP contribution in [0.1, 0.15) is 93.4 Å². The Balaban J connectivity index is 1.75. The Labute approximate surface area is 219 Å². The van der Waals surface area contributed by atoms with Gasteiger partial charge in [0.2, 0.25) is 0 Å². The number of aliphatic carboxylic acids is 1. The summed E-state index contributed by atoms with van der Waals surface area (Å²) in [6, 6.07) is 0. The normalized spacial score (nSPS) is 40.5.